The quantitative estimate of drug-likeness (QED) is 0.250. The van der Waals surface area contributed by atoms with E-state index in [1.54, 1.807) is 43.9 Å². The monoisotopic (exact) mass is 486 g/mol. The molecule has 1 N–H and O–H groups in total. The molecule has 8 nitrogen and oxygen atoms in total. The molecule has 1 amide bonds. The average Bonchev–Trinajstić information content (AvgIpc) is 3.50. The molecule has 0 aliphatic carbocycles. The molecule has 0 bridgehead atoms. The van der Waals surface area contributed by atoms with Crippen LogP contribution in [0.5, 0.6) is 5.75 Å². The molecule has 2 aromatic carbocycles. The number of hydrogen-bond donors (Lipinski definition) is 1. The number of ketones is 1. The van der Waals surface area contributed by atoms with Crippen molar-refractivity contribution in [1.29, 1.82) is 0 Å². The van der Waals surface area contributed by atoms with Gasteiger partial charge in [0.15, 0.2) is 0 Å². The Morgan fingerprint density at radius 1 is 1.09 bits per heavy atom. The summed E-state index contributed by atoms with van der Waals surface area (Å²) in [6, 6.07) is 16.3. The number of nitrogens with zero attached hydrogens (tertiary/aromatic N) is 3. The Labute approximate surface area is 205 Å². The number of carbonyl (C=O) groups excluding carboxylic acids is 2. The Morgan fingerprint density at radius 3 is 2.60 bits per heavy atom. The van der Waals surface area contributed by atoms with Crippen LogP contribution in [0.15, 0.2) is 83.9 Å². The van der Waals surface area contributed by atoms with E-state index in [2.05, 4.69) is 15.3 Å². The van der Waals surface area contributed by atoms with Gasteiger partial charge in [0.25, 0.3) is 11.7 Å². The van der Waals surface area contributed by atoms with E-state index in [1.165, 1.54) is 6.26 Å². The van der Waals surface area contributed by atoms with Gasteiger partial charge in [-0.1, -0.05) is 23.7 Å². The van der Waals surface area contributed by atoms with Crippen molar-refractivity contribution in [3.8, 4) is 17.0 Å². The average molecular weight is 487 g/mol. The Bertz CT molecular complexity index is 1520. The van der Waals surface area contributed by atoms with Gasteiger partial charge in [0, 0.05) is 46.6 Å². The summed E-state index contributed by atoms with van der Waals surface area (Å²) in [5.74, 6) is -1.01. The summed E-state index contributed by atoms with van der Waals surface area (Å²) >= 11 is 6.00. The third-order valence-corrected chi connectivity index (χ3v) is 5.76. The molecular weight excluding hydrogens is 468 g/mol. The number of anilines is 1. The minimum atomic E-state index is -0.860. The molecule has 0 radical (unpaired) electrons. The molecule has 9 heteroatoms. The summed E-state index contributed by atoms with van der Waals surface area (Å²) in [5, 5.41) is 3.69. The van der Waals surface area contributed by atoms with E-state index >= 15 is 0 Å². The molecular formula is C26H19ClN4O4. The number of carbonyl (C=O) groups is 2. The van der Waals surface area contributed by atoms with Gasteiger partial charge in [-0.15, -0.1) is 0 Å². The zero-order chi connectivity index (χ0) is 24.4. The maximum absolute atomic E-state index is 13.2. The van der Waals surface area contributed by atoms with Gasteiger partial charge in [-0.25, -0.2) is 0 Å². The molecule has 0 saturated carbocycles. The number of ether oxygens (including phenoxy) is 1. The van der Waals surface area contributed by atoms with Crippen LogP contribution in [-0.4, -0.2) is 33.3 Å². The number of benzene rings is 2. The third-order valence-electron chi connectivity index (χ3n) is 5.51. The summed E-state index contributed by atoms with van der Waals surface area (Å²) in [4.78, 5) is 34.2. The summed E-state index contributed by atoms with van der Waals surface area (Å²) in [6.45, 7) is 0.490. The minimum Gasteiger partial charge on any atom is -0.497 e. The number of halogens is 1. The lowest BCUT2D eigenvalue weighted by Crippen LogP contribution is -2.23. The molecule has 5 rings (SSSR count). The first-order valence-electron chi connectivity index (χ1n) is 10.6. The van der Waals surface area contributed by atoms with E-state index in [4.69, 9.17) is 20.8 Å². The lowest BCUT2D eigenvalue weighted by atomic mass is 10.1. The van der Waals surface area contributed by atoms with Gasteiger partial charge in [0.1, 0.15) is 17.7 Å². The van der Waals surface area contributed by atoms with Crippen molar-refractivity contribution in [2.75, 3.05) is 12.4 Å². The number of methoxy groups -OCH3 is 1. The van der Waals surface area contributed by atoms with Gasteiger partial charge in [-0.2, -0.15) is 4.98 Å². The van der Waals surface area contributed by atoms with Gasteiger partial charge >= 0.3 is 6.01 Å². The van der Waals surface area contributed by atoms with Crippen molar-refractivity contribution in [1.82, 2.24) is 14.5 Å². The molecule has 0 atom stereocenters. The largest absolute Gasteiger partial charge is 0.497 e. The van der Waals surface area contributed by atoms with Crippen molar-refractivity contribution in [2.24, 2.45) is 0 Å². The number of aromatic nitrogens is 3. The summed E-state index contributed by atoms with van der Waals surface area (Å²) in [7, 11) is 1.54. The molecule has 0 fully saturated rings. The second kappa shape index (κ2) is 9.44. The van der Waals surface area contributed by atoms with Crippen LogP contribution < -0.4 is 10.1 Å². The van der Waals surface area contributed by atoms with E-state index in [0.717, 1.165) is 16.6 Å². The maximum Gasteiger partial charge on any atom is 0.302 e. The van der Waals surface area contributed by atoms with Gasteiger partial charge in [-0.3, -0.25) is 19.9 Å². The van der Waals surface area contributed by atoms with Gasteiger partial charge in [0.2, 0.25) is 0 Å². The topological polar surface area (TPSA) is 99.2 Å². The number of rotatable bonds is 7. The molecule has 0 unspecified atom stereocenters. The molecule has 0 spiro atoms. The molecule has 0 aliphatic rings. The van der Waals surface area contributed by atoms with Crippen LogP contribution in [0.3, 0.4) is 0 Å². The maximum atomic E-state index is 13.2. The highest BCUT2D eigenvalue weighted by molar-refractivity contribution is 6.48. The van der Waals surface area contributed by atoms with E-state index in [1.807, 2.05) is 41.0 Å². The highest BCUT2D eigenvalue weighted by Crippen LogP contribution is 2.28. The Hall–Kier alpha value is -4.43. The lowest BCUT2D eigenvalue weighted by Gasteiger charge is -2.06. The second-order valence-electron chi connectivity index (χ2n) is 7.74. The highest BCUT2D eigenvalue weighted by Gasteiger charge is 2.24. The SMILES string of the molecule is COc1ccc2c(c1)c(C(=O)C(=O)Nc1nc(-c3ccncc3)co1)cn2Cc1ccc(Cl)cc1. The molecule has 35 heavy (non-hydrogen) atoms. The first-order valence-corrected chi connectivity index (χ1v) is 11.0. The predicted molar refractivity (Wildman–Crippen MR) is 132 cm³/mol. The fourth-order valence-electron chi connectivity index (χ4n) is 3.76. The number of pyridine rings is 1. The number of hydrogen-bond acceptors (Lipinski definition) is 6. The lowest BCUT2D eigenvalue weighted by molar-refractivity contribution is -0.112. The van der Waals surface area contributed by atoms with Gasteiger partial charge < -0.3 is 13.7 Å². The Kier molecular flexibility index (Phi) is 6.03. The second-order valence-corrected chi connectivity index (χ2v) is 8.17. The number of amides is 1. The fourth-order valence-corrected chi connectivity index (χ4v) is 3.89. The molecule has 5 aromatic rings. The molecule has 0 saturated heterocycles. The third kappa shape index (κ3) is 4.64. The Balaban J connectivity index is 1.44. The van der Waals surface area contributed by atoms with Crippen molar-refractivity contribution < 1.29 is 18.7 Å². The van der Waals surface area contributed by atoms with Crippen LogP contribution >= 0.6 is 11.6 Å². The van der Waals surface area contributed by atoms with Gasteiger partial charge in [0.05, 0.1) is 12.7 Å². The van der Waals surface area contributed by atoms with Crippen molar-refractivity contribution in [2.45, 2.75) is 6.54 Å². The number of nitrogens with one attached hydrogen (secondary N) is 1. The van der Waals surface area contributed by atoms with Crippen LogP contribution in [0, 0.1) is 0 Å². The highest BCUT2D eigenvalue weighted by atomic mass is 35.5. The summed E-state index contributed by atoms with van der Waals surface area (Å²) in [6.07, 6.45) is 6.32. The zero-order valence-corrected chi connectivity index (χ0v) is 19.3. The molecule has 0 aliphatic heterocycles. The summed E-state index contributed by atoms with van der Waals surface area (Å²) in [5.41, 5.74) is 3.31. The molecule has 3 heterocycles. The molecule has 174 valence electrons. The van der Waals surface area contributed by atoms with E-state index in [-0.39, 0.29) is 11.6 Å². The van der Waals surface area contributed by atoms with E-state index < -0.39 is 11.7 Å². The van der Waals surface area contributed by atoms with Crippen LogP contribution in [0.25, 0.3) is 22.2 Å². The number of Topliss-reactive ketones (excluding diaryl/α,β-unsaturated/α-hetero) is 1. The van der Waals surface area contributed by atoms with Crippen LogP contribution in [0.1, 0.15) is 15.9 Å². The minimum absolute atomic E-state index is 0.0716. The Morgan fingerprint density at radius 2 is 1.86 bits per heavy atom. The fraction of sp³-hybridized carbons (Fsp3) is 0.0769. The first-order chi connectivity index (χ1) is 17.0. The first kappa shape index (κ1) is 22.4. The van der Waals surface area contributed by atoms with Crippen LogP contribution in [0.4, 0.5) is 6.01 Å². The normalized spacial score (nSPS) is 10.9. The van der Waals surface area contributed by atoms with Crippen molar-refractivity contribution in [3.63, 3.8) is 0 Å². The standard InChI is InChI=1S/C26H19ClN4O4/c1-34-19-6-7-23-20(12-19)21(14-31(23)13-16-2-4-18(27)5-3-16)24(32)25(33)30-26-29-22(15-35-26)17-8-10-28-11-9-17/h2-12,14-15H,13H2,1H3,(H,29,30,33). The zero-order valence-electron chi connectivity index (χ0n) is 18.6. The van der Waals surface area contributed by atoms with Gasteiger partial charge in [-0.05, 0) is 48.0 Å². The molecule has 3 aromatic heterocycles. The smallest absolute Gasteiger partial charge is 0.302 e. The number of oxazole rings is 1. The van der Waals surface area contributed by atoms with Crippen molar-refractivity contribution in [3.05, 3.63) is 95.6 Å². The number of fused-ring (bicyclic) bond motifs is 1. The van der Waals surface area contributed by atoms with Crippen LogP contribution in [-0.2, 0) is 11.3 Å². The van der Waals surface area contributed by atoms with Crippen LogP contribution in [0.2, 0.25) is 5.02 Å². The van der Waals surface area contributed by atoms with E-state index in [0.29, 0.717) is 28.4 Å². The van der Waals surface area contributed by atoms with Crippen molar-refractivity contribution >= 4 is 40.2 Å². The predicted octanol–water partition coefficient (Wildman–Crippen LogP) is 5.22. The summed E-state index contributed by atoms with van der Waals surface area (Å²) < 4.78 is 12.6. The van der Waals surface area contributed by atoms with E-state index in [9.17, 15) is 9.59 Å².